The summed E-state index contributed by atoms with van der Waals surface area (Å²) in [5, 5.41) is 11.4. The molecule has 0 spiro atoms. The molecule has 2 fully saturated rings. The van der Waals surface area contributed by atoms with E-state index in [0.717, 1.165) is 23.1 Å². The third-order valence-electron chi connectivity index (χ3n) is 8.64. The maximum Gasteiger partial charge on any atom is 0.200 e. The molecule has 34 heavy (non-hydrogen) atoms. The van der Waals surface area contributed by atoms with Crippen molar-refractivity contribution in [1.29, 1.82) is 0 Å². The Bertz CT molecular complexity index is 898. The van der Waals surface area contributed by atoms with Crippen LogP contribution in [0.25, 0.3) is 0 Å². The van der Waals surface area contributed by atoms with Gasteiger partial charge in [0.1, 0.15) is 31.3 Å². The third kappa shape index (κ3) is 4.66. The van der Waals surface area contributed by atoms with Gasteiger partial charge in [-0.05, 0) is 22.2 Å². The van der Waals surface area contributed by atoms with E-state index in [-0.39, 0.29) is 18.2 Å². The normalized spacial score (nSPS) is 28.6. The van der Waals surface area contributed by atoms with E-state index in [1.807, 2.05) is 18.2 Å². The minimum absolute atomic E-state index is 0.145. The maximum atomic E-state index is 11.4. The quantitative estimate of drug-likeness (QED) is 0.246. The highest BCUT2D eigenvalue weighted by Gasteiger charge is 2.73. The van der Waals surface area contributed by atoms with Crippen molar-refractivity contribution in [3.05, 3.63) is 71.8 Å². The van der Waals surface area contributed by atoms with Gasteiger partial charge in [0, 0.05) is 5.56 Å². The van der Waals surface area contributed by atoms with Crippen LogP contribution in [0, 0.1) is 0 Å². The van der Waals surface area contributed by atoms with Crippen molar-refractivity contribution in [3.8, 4) is 0 Å². The molecule has 0 aromatic heterocycles. The number of hydrogen-bond acceptors (Lipinski definition) is 3. The fraction of sp³-hybridized carbons (Fsp3) is 0.586. The lowest BCUT2D eigenvalue weighted by molar-refractivity contribution is -0.847. The van der Waals surface area contributed by atoms with Crippen molar-refractivity contribution in [2.45, 2.75) is 95.6 Å². The fourth-order valence-corrected chi connectivity index (χ4v) is 12.5. The van der Waals surface area contributed by atoms with Gasteiger partial charge in [0.25, 0.3) is 0 Å². The zero-order valence-corrected chi connectivity index (χ0v) is 22.9. The predicted molar refractivity (Wildman–Crippen MR) is 141 cm³/mol. The van der Waals surface area contributed by atoms with Gasteiger partial charge in [-0.15, -0.1) is 0 Å². The number of hydrogen-bond donors (Lipinski definition) is 1. The van der Waals surface area contributed by atoms with Crippen LogP contribution in [0.3, 0.4) is 0 Å². The van der Waals surface area contributed by atoms with Gasteiger partial charge in [0.05, 0.1) is 13.2 Å². The first-order valence-electron chi connectivity index (χ1n) is 13.1. The van der Waals surface area contributed by atoms with E-state index in [2.05, 4.69) is 84.0 Å². The van der Waals surface area contributed by atoms with E-state index >= 15 is 0 Å². The average molecular weight is 483 g/mol. The second kappa shape index (κ2) is 10.2. The molecule has 0 saturated carbocycles. The maximum absolute atomic E-state index is 11.4. The van der Waals surface area contributed by atoms with Gasteiger partial charge in [-0.2, -0.15) is 0 Å². The Morgan fingerprint density at radius 3 is 1.91 bits per heavy atom. The van der Waals surface area contributed by atoms with E-state index in [1.165, 1.54) is 5.56 Å². The van der Waals surface area contributed by atoms with Gasteiger partial charge in [-0.25, -0.2) is 0 Å². The molecule has 0 unspecified atom stereocenters. The lowest BCUT2D eigenvalue weighted by atomic mass is 10.1. The topological polar surface area (TPSA) is 38.7 Å². The molecule has 0 radical (unpaired) electrons. The number of aliphatic hydroxyl groups excluding tert-OH is 1. The molecule has 4 nitrogen and oxygen atoms in total. The van der Waals surface area contributed by atoms with Gasteiger partial charge in [0.2, 0.25) is 8.32 Å². The summed E-state index contributed by atoms with van der Waals surface area (Å²) in [7, 11) is -2.02. The molecule has 2 aliphatic rings. The zero-order valence-electron chi connectivity index (χ0n) is 21.9. The van der Waals surface area contributed by atoms with Crippen molar-refractivity contribution < 1.29 is 18.8 Å². The molecule has 0 amide bonds. The number of ether oxygens (including phenoxy) is 1. The number of aliphatic hydroxyl groups is 1. The summed E-state index contributed by atoms with van der Waals surface area (Å²) < 4.78 is 14.5. The Kier molecular flexibility index (Phi) is 7.70. The van der Waals surface area contributed by atoms with Gasteiger partial charge >= 0.3 is 0 Å². The van der Waals surface area contributed by atoms with Crippen LogP contribution in [0.2, 0.25) is 16.6 Å². The Balaban J connectivity index is 1.60. The molecule has 186 valence electrons. The van der Waals surface area contributed by atoms with Gasteiger partial charge in [-0.3, -0.25) is 4.48 Å². The highest BCUT2D eigenvalue weighted by molar-refractivity contribution is 6.77. The zero-order chi connectivity index (χ0) is 24.5. The molecular weight excluding hydrogens is 438 g/mol. The van der Waals surface area contributed by atoms with Crippen LogP contribution in [0.15, 0.2) is 60.7 Å². The van der Waals surface area contributed by atoms with Gasteiger partial charge < -0.3 is 14.3 Å². The second-order valence-electron chi connectivity index (χ2n) is 11.4. The van der Waals surface area contributed by atoms with Crippen LogP contribution in [0.5, 0.6) is 0 Å². The monoisotopic (exact) mass is 482 g/mol. The number of fused-ring (bicyclic) bond motifs is 1. The summed E-state index contributed by atoms with van der Waals surface area (Å²) in [5.74, 6) is 0. The first-order valence-corrected chi connectivity index (χ1v) is 15.2. The number of rotatable bonds is 11. The standard InChI is InChI=1S/C29H44NO3Si/c1-21(2)34(22(3)4,23(5)6)33-20-27-29(32-19-25-15-11-8-12-16-25)28(31)26-18-30(26,27)17-24-13-9-7-10-14-24/h7-16,21-23,26-29,31H,17-20H2,1-6H3/q+1/t26-,27+,28+,29+,30-/m0/s1. The highest BCUT2D eigenvalue weighted by Crippen LogP contribution is 2.50. The molecule has 2 aliphatic heterocycles. The summed E-state index contributed by atoms with van der Waals surface area (Å²) in [4.78, 5) is 0. The van der Waals surface area contributed by atoms with Crippen LogP contribution >= 0.6 is 0 Å². The highest BCUT2D eigenvalue weighted by atomic mass is 28.4. The molecule has 0 bridgehead atoms. The lowest BCUT2D eigenvalue weighted by Gasteiger charge is -2.43. The van der Waals surface area contributed by atoms with Crippen LogP contribution in [0.4, 0.5) is 0 Å². The minimum Gasteiger partial charge on any atom is -0.410 e. The summed E-state index contributed by atoms with van der Waals surface area (Å²) in [6, 6.07) is 21.4. The number of nitrogens with zero attached hydrogens (tertiary/aromatic N) is 1. The van der Waals surface area contributed by atoms with E-state index in [0.29, 0.717) is 29.8 Å². The minimum atomic E-state index is -2.02. The first kappa shape index (κ1) is 25.6. The van der Waals surface area contributed by atoms with Crippen molar-refractivity contribution >= 4 is 8.32 Å². The summed E-state index contributed by atoms with van der Waals surface area (Å²) in [6.45, 7) is 17.2. The van der Waals surface area contributed by atoms with E-state index in [4.69, 9.17) is 9.16 Å². The molecule has 0 aliphatic carbocycles. The molecule has 5 heteroatoms. The average Bonchev–Trinajstić information content (AvgIpc) is 3.48. The van der Waals surface area contributed by atoms with Crippen LogP contribution in [-0.2, 0) is 22.3 Å². The lowest BCUT2D eigenvalue weighted by Crippen LogP contribution is -2.54. The van der Waals surface area contributed by atoms with E-state index < -0.39 is 14.4 Å². The summed E-state index contributed by atoms with van der Waals surface area (Å²) in [6.07, 6.45) is -0.657. The summed E-state index contributed by atoms with van der Waals surface area (Å²) >= 11 is 0. The Morgan fingerprint density at radius 1 is 0.853 bits per heavy atom. The number of quaternary nitrogens is 1. The molecule has 1 N–H and O–H groups in total. The van der Waals surface area contributed by atoms with Crippen molar-refractivity contribution in [2.75, 3.05) is 13.2 Å². The Hall–Kier alpha value is -1.50. The molecule has 2 heterocycles. The largest absolute Gasteiger partial charge is 0.410 e. The molecule has 2 saturated heterocycles. The van der Waals surface area contributed by atoms with Crippen LogP contribution in [0.1, 0.15) is 52.7 Å². The van der Waals surface area contributed by atoms with E-state index in [1.54, 1.807) is 0 Å². The Morgan fingerprint density at radius 2 is 1.38 bits per heavy atom. The fourth-order valence-electron chi connectivity index (χ4n) is 7.01. The SMILES string of the molecule is CC(C)[Si](OC[C@@H]1[C@@H](OCc2ccccc2)[C@H](O)[C@@H]2C[N@+]12Cc1ccccc1)(C(C)C)C(C)C. The second-order valence-corrected chi connectivity index (χ2v) is 16.9. The van der Waals surface area contributed by atoms with Crippen molar-refractivity contribution in [2.24, 2.45) is 0 Å². The van der Waals surface area contributed by atoms with Crippen LogP contribution in [-0.4, -0.2) is 55.4 Å². The van der Waals surface area contributed by atoms with Crippen LogP contribution < -0.4 is 0 Å². The molecule has 2 aromatic carbocycles. The molecular formula is C29H44NO3Si+. The molecule has 5 atom stereocenters. The number of piperidine rings is 1. The number of benzene rings is 2. The third-order valence-corrected chi connectivity index (χ3v) is 14.7. The molecule has 2 aromatic rings. The molecule has 4 rings (SSSR count). The van der Waals surface area contributed by atoms with Crippen molar-refractivity contribution in [3.63, 3.8) is 0 Å². The summed E-state index contributed by atoms with van der Waals surface area (Å²) in [5.41, 5.74) is 4.08. The smallest absolute Gasteiger partial charge is 0.200 e. The first-order chi connectivity index (χ1) is 16.2. The predicted octanol–water partition coefficient (Wildman–Crippen LogP) is 5.91. The Labute approximate surface area is 207 Å². The van der Waals surface area contributed by atoms with Crippen molar-refractivity contribution in [1.82, 2.24) is 0 Å². The van der Waals surface area contributed by atoms with Gasteiger partial charge in [0.15, 0.2) is 6.04 Å². The van der Waals surface area contributed by atoms with E-state index in [9.17, 15) is 5.11 Å². The van der Waals surface area contributed by atoms with Gasteiger partial charge in [-0.1, -0.05) is 102 Å².